The first-order valence-electron chi connectivity index (χ1n) is 5.32. The molecule has 1 unspecified atom stereocenters. The van der Waals surface area contributed by atoms with Crippen LogP contribution < -0.4 is 0 Å². The Bertz CT molecular complexity index is 562. The maximum Gasteiger partial charge on any atom is 0.187 e. The molecular weight excluding hydrogens is 359 g/mol. The van der Waals surface area contributed by atoms with Gasteiger partial charge in [-0.3, -0.25) is 0 Å². The molecule has 92 valence electrons. The SMILES string of the molecule is CSc1nccc(C(C=O)c2cccc(I)c2)n1. The Kier molecular flexibility index (Phi) is 4.71. The fourth-order valence-electron chi connectivity index (χ4n) is 1.64. The quantitative estimate of drug-likeness (QED) is 0.359. The molecule has 1 aromatic carbocycles. The van der Waals surface area contributed by atoms with Crippen LogP contribution in [0.1, 0.15) is 17.2 Å². The molecule has 1 heterocycles. The summed E-state index contributed by atoms with van der Waals surface area (Å²) >= 11 is 3.71. The molecule has 5 heteroatoms. The zero-order valence-corrected chi connectivity index (χ0v) is 12.7. The van der Waals surface area contributed by atoms with Gasteiger partial charge in [-0.1, -0.05) is 23.9 Å². The highest BCUT2D eigenvalue weighted by atomic mass is 127. The number of hydrogen-bond donors (Lipinski definition) is 0. The molecule has 0 saturated heterocycles. The smallest absolute Gasteiger partial charge is 0.187 e. The van der Waals surface area contributed by atoms with E-state index in [0.29, 0.717) is 5.16 Å². The number of carbonyl (C=O) groups is 1. The number of aromatic nitrogens is 2. The van der Waals surface area contributed by atoms with E-state index in [1.807, 2.05) is 30.5 Å². The molecular formula is C13H11IN2OS. The van der Waals surface area contributed by atoms with Gasteiger partial charge in [-0.05, 0) is 52.6 Å². The van der Waals surface area contributed by atoms with Crippen LogP contribution in [0.3, 0.4) is 0 Å². The standard InChI is InChI=1S/C13H11IN2OS/c1-18-13-15-6-5-12(16-13)11(8-17)9-3-2-4-10(14)7-9/h2-8,11H,1H3. The molecule has 2 aromatic rings. The van der Waals surface area contributed by atoms with Crippen LogP contribution in [0.15, 0.2) is 41.7 Å². The van der Waals surface area contributed by atoms with Crippen LogP contribution in [0, 0.1) is 3.57 Å². The van der Waals surface area contributed by atoms with Gasteiger partial charge >= 0.3 is 0 Å². The van der Waals surface area contributed by atoms with Crippen LogP contribution in [0.4, 0.5) is 0 Å². The van der Waals surface area contributed by atoms with E-state index in [9.17, 15) is 4.79 Å². The van der Waals surface area contributed by atoms with Gasteiger partial charge in [0.15, 0.2) is 5.16 Å². The van der Waals surface area contributed by atoms with Gasteiger partial charge in [0.25, 0.3) is 0 Å². The fraction of sp³-hybridized carbons (Fsp3) is 0.154. The third kappa shape index (κ3) is 3.08. The van der Waals surface area contributed by atoms with Crippen LogP contribution in [-0.2, 0) is 4.79 Å². The summed E-state index contributed by atoms with van der Waals surface area (Å²) in [6.45, 7) is 0. The number of rotatable bonds is 4. The Morgan fingerprint density at radius 1 is 1.39 bits per heavy atom. The summed E-state index contributed by atoms with van der Waals surface area (Å²) in [6.07, 6.45) is 4.54. The van der Waals surface area contributed by atoms with Crippen LogP contribution in [-0.4, -0.2) is 22.5 Å². The first-order chi connectivity index (χ1) is 8.74. The predicted molar refractivity (Wildman–Crippen MR) is 80.9 cm³/mol. The van der Waals surface area contributed by atoms with Crippen molar-refractivity contribution in [1.29, 1.82) is 0 Å². The van der Waals surface area contributed by atoms with E-state index in [4.69, 9.17) is 0 Å². The summed E-state index contributed by atoms with van der Waals surface area (Å²) in [4.78, 5) is 19.9. The number of hydrogen-bond acceptors (Lipinski definition) is 4. The predicted octanol–water partition coefficient (Wildman–Crippen LogP) is 3.13. The van der Waals surface area contributed by atoms with Gasteiger partial charge in [-0.25, -0.2) is 9.97 Å². The Morgan fingerprint density at radius 3 is 2.89 bits per heavy atom. The lowest BCUT2D eigenvalue weighted by Crippen LogP contribution is -2.06. The van der Waals surface area contributed by atoms with Crippen LogP contribution >= 0.6 is 34.4 Å². The highest BCUT2D eigenvalue weighted by Crippen LogP contribution is 2.23. The van der Waals surface area contributed by atoms with Gasteiger partial charge in [0, 0.05) is 9.77 Å². The fourth-order valence-corrected chi connectivity index (χ4v) is 2.57. The lowest BCUT2D eigenvalue weighted by Gasteiger charge is -2.11. The van der Waals surface area contributed by atoms with Crippen molar-refractivity contribution in [3.63, 3.8) is 0 Å². The topological polar surface area (TPSA) is 42.9 Å². The average molecular weight is 370 g/mol. The Balaban J connectivity index is 2.41. The molecule has 0 N–H and O–H groups in total. The normalized spacial score (nSPS) is 12.1. The average Bonchev–Trinajstić information content (AvgIpc) is 2.40. The monoisotopic (exact) mass is 370 g/mol. The second-order valence-corrected chi connectivity index (χ2v) is 5.66. The molecule has 0 saturated carbocycles. The molecule has 0 fully saturated rings. The van der Waals surface area contributed by atoms with Gasteiger partial charge in [0.1, 0.15) is 6.29 Å². The Morgan fingerprint density at radius 2 is 2.22 bits per heavy atom. The minimum atomic E-state index is -0.325. The molecule has 0 aliphatic carbocycles. The van der Waals surface area contributed by atoms with E-state index < -0.39 is 0 Å². The number of halogens is 1. The number of carbonyl (C=O) groups excluding carboxylic acids is 1. The van der Waals surface area contributed by atoms with E-state index >= 15 is 0 Å². The number of nitrogens with zero attached hydrogens (tertiary/aromatic N) is 2. The summed E-state index contributed by atoms with van der Waals surface area (Å²) in [5.41, 5.74) is 1.70. The highest BCUT2D eigenvalue weighted by Gasteiger charge is 2.15. The first kappa shape index (κ1) is 13.5. The number of benzene rings is 1. The Labute approximate surface area is 124 Å². The van der Waals surface area contributed by atoms with Crippen LogP contribution in [0.2, 0.25) is 0 Å². The third-order valence-electron chi connectivity index (χ3n) is 2.50. The molecule has 0 bridgehead atoms. The number of aldehydes is 1. The van der Waals surface area contributed by atoms with Crippen molar-refractivity contribution < 1.29 is 4.79 Å². The van der Waals surface area contributed by atoms with Crippen molar-refractivity contribution in [2.24, 2.45) is 0 Å². The van der Waals surface area contributed by atoms with Gasteiger partial charge in [0.05, 0.1) is 11.6 Å². The highest BCUT2D eigenvalue weighted by molar-refractivity contribution is 14.1. The van der Waals surface area contributed by atoms with E-state index in [1.54, 1.807) is 12.3 Å². The van der Waals surface area contributed by atoms with Crippen LogP contribution in [0.25, 0.3) is 0 Å². The van der Waals surface area contributed by atoms with Gasteiger partial charge in [-0.15, -0.1) is 0 Å². The summed E-state index contributed by atoms with van der Waals surface area (Å²) in [5, 5.41) is 0.685. The molecule has 0 aliphatic rings. The minimum absolute atomic E-state index is 0.325. The molecule has 2 rings (SSSR count). The van der Waals surface area contributed by atoms with E-state index in [1.165, 1.54) is 11.8 Å². The summed E-state index contributed by atoms with van der Waals surface area (Å²) in [6, 6.07) is 9.69. The minimum Gasteiger partial charge on any atom is -0.302 e. The van der Waals surface area contributed by atoms with Crippen molar-refractivity contribution in [3.05, 3.63) is 51.4 Å². The van der Waals surface area contributed by atoms with Crippen molar-refractivity contribution in [3.8, 4) is 0 Å². The van der Waals surface area contributed by atoms with Crippen molar-refractivity contribution in [2.75, 3.05) is 6.26 Å². The molecule has 0 aliphatic heterocycles. The van der Waals surface area contributed by atoms with Crippen molar-refractivity contribution in [1.82, 2.24) is 9.97 Å². The summed E-state index contributed by atoms with van der Waals surface area (Å²) < 4.78 is 1.11. The van der Waals surface area contributed by atoms with Gasteiger partial charge < -0.3 is 4.79 Å². The summed E-state index contributed by atoms with van der Waals surface area (Å²) in [7, 11) is 0. The van der Waals surface area contributed by atoms with E-state index in [-0.39, 0.29) is 5.92 Å². The van der Waals surface area contributed by atoms with Gasteiger partial charge in [0.2, 0.25) is 0 Å². The largest absolute Gasteiger partial charge is 0.302 e. The summed E-state index contributed by atoms with van der Waals surface area (Å²) in [5.74, 6) is -0.325. The lowest BCUT2D eigenvalue weighted by atomic mass is 9.97. The maximum atomic E-state index is 11.3. The molecule has 0 amide bonds. The zero-order chi connectivity index (χ0) is 13.0. The first-order valence-corrected chi connectivity index (χ1v) is 7.62. The maximum absolute atomic E-state index is 11.3. The van der Waals surface area contributed by atoms with Crippen molar-refractivity contribution in [2.45, 2.75) is 11.1 Å². The molecule has 0 spiro atoms. The molecule has 0 radical (unpaired) electrons. The molecule has 1 aromatic heterocycles. The van der Waals surface area contributed by atoms with Crippen molar-refractivity contribution >= 4 is 40.6 Å². The van der Waals surface area contributed by atoms with Crippen LogP contribution in [0.5, 0.6) is 0 Å². The second kappa shape index (κ2) is 6.29. The molecule has 18 heavy (non-hydrogen) atoms. The number of thioether (sulfide) groups is 1. The van der Waals surface area contributed by atoms with E-state index in [2.05, 4.69) is 32.6 Å². The zero-order valence-electron chi connectivity index (χ0n) is 9.71. The van der Waals surface area contributed by atoms with E-state index in [0.717, 1.165) is 21.1 Å². The molecule has 1 atom stereocenters. The Hall–Kier alpha value is -0.950. The lowest BCUT2D eigenvalue weighted by molar-refractivity contribution is -0.108. The van der Waals surface area contributed by atoms with Gasteiger partial charge in [-0.2, -0.15) is 0 Å². The molecule has 3 nitrogen and oxygen atoms in total. The third-order valence-corrected chi connectivity index (χ3v) is 3.73. The second-order valence-electron chi connectivity index (χ2n) is 3.64.